The van der Waals surface area contributed by atoms with Gasteiger partial charge in [-0.2, -0.15) is 5.26 Å². The van der Waals surface area contributed by atoms with Crippen molar-refractivity contribution in [3.8, 4) is 6.07 Å². The summed E-state index contributed by atoms with van der Waals surface area (Å²) < 4.78 is 13.6. The van der Waals surface area contributed by atoms with Gasteiger partial charge in [0, 0.05) is 5.69 Å². The average Bonchev–Trinajstić information content (AvgIpc) is 2.34. The molecule has 0 aliphatic heterocycles. The molecule has 1 N–H and O–H groups in total. The maximum atomic E-state index is 13.6. The molecule has 0 radical (unpaired) electrons. The molecule has 0 bridgehead atoms. The third kappa shape index (κ3) is 2.43. The summed E-state index contributed by atoms with van der Waals surface area (Å²) in [6.45, 7) is 1.98. The SMILES string of the molecule is Cc1ccc(Nc2c(F)cccc2C#N)cc1. The van der Waals surface area contributed by atoms with E-state index < -0.39 is 5.82 Å². The minimum atomic E-state index is -0.426. The van der Waals surface area contributed by atoms with E-state index in [0.717, 1.165) is 11.3 Å². The zero-order valence-electron chi connectivity index (χ0n) is 9.37. The molecule has 2 rings (SSSR count). The lowest BCUT2D eigenvalue weighted by Crippen LogP contribution is -1.96. The highest BCUT2D eigenvalue weighted by atomic mass is 19.1. The van der Waals surface area contributed by atoms with Gasteiger partial charge >= 0.3 is 0 Å². The summed E-state index contributed by atoms with van der Waals surface area (Å²) in [6.07, 6.45) is 0. The topological polar surface area (TPSA) is 35.8 Å². The zero-order valence-corrected chi connectivity index (χ0v) is 9.37. The Morgan fingerprint density at radius 1 is 1.12 bits per heavy atom. The number of hydrogen-bond donors (Lipinski definition) is 1. The Balaban J connectivity index is 2.36. The molecule has 17 heavy (non-hydrogen) atoms. The van der Waals surface area contributed by atoms with Crippen LogP contribution < -0.4 is 5.32 Å². The van der Waals surface area contributed by atoms with Gasteiger partial charge in [0.1, 0.15) is 11.9 Å². The molecule has 0 heterocycles. The molecule has 0 spiro atoms. The van der Waals surface area contributed by atoms with Crippen molar-refractivity contribution in [2.24, 2.45) is 0 Å². The normalized spacial score (nSPS) is 9.71. The minimum Gasteiger partial charge on any atom is -0.352 e. The van der Waals surface area contributed by atoms with E-state index in [2.05, 4.69) is 5.32 Å². The summed E-state index contributed by atoms with van der Waals surface area (Å²) in [6, 6.07) is 14.0. The Kier molecular flexibility index (Phi) is 3.06. The second-order valence-corrected chi connectivity index (χ2v) is 3.77. The van der Waals surface area contributed by atoms with Crippen molar-refractivity contribution in [1.82, 2.24) is 0 Å². The summed E-state index contributed by atoms with van der Waals surface area (Å²) in [5, 5.41) is 11.8. The van der Waals surface area contributed by atoms with Crippen molar-refractivity contribution in [3.05, 3.63) is 59.4 Å². The number of halogens is 1. The van der Waals surface area contributed by atoms with Crippen LogP contribution >= 0.6 is 0 Å². The van der Waals surface area contributed by atoms with Crippen molar-refractivity contribution in [1.29, 1.82) is 5.26 Å². The molecule has 0 atom stereocenters. The van der Waals surface area contributed by atoms with Crippen LogP contribution in [0.15, 0.2) is 42.5 Å². The number of nitrogens with one attached hydrogen (secondary N) is 1. The van der Waals surface area contributed by atoms with Gasteiger partial charge in [-0.25, -0.2) is 4.39 Å². The summed E-state index contributed by atoms with van der Waals surface area (Å²) in [4.78, 5) is 0. The molecule has 0 aromatic heterocycles. The fraction of sp³-hybridized carbons (Fsp3) is 0.0714. The molecular formula is C14H11FN2. The summed E-state index contributed by atoms with van der Waals surface area (Å²) in [5.74, 6) is -0.426. The number of nitrogens with zero attached hydrogens (tertiary/aromatic N) is 1. The first-order chi connectivity index (χ1) is 8.20. The lowest BCUT2D eigenvalue weighted by atomic mass is 10.1. The number of para-hydroxylation sites is 1. The molecule has 3 heteroatoms. The average molecular weight is 226 g/mol. The van der Waals surface area contributed by atoms with E-state index in [-0.39, 0.29) is 5.69 Å². The van der Waals surface area contributed by atoms with Crippen molar-refractivity contribution in [2.75, 3.05) is 5.32 Å². The maximum Gasteiger partial charge on any atom is 0.147 e. The van der Waals surface area contributed by atoms with Gasteiger partial charge in [-0.1, -0.05) is 23.8 Å². The molecule has 84 valence electrons. The van der Waals surface area contributed by atoms with Gasteiger partial charge in [0.25, 0.3) is 0 Å². The van der Waals surface area contributed by atoms with Gasteiger partial charge in [0.05, 0.1) is 11.3 Å². The molecular weight excluding hydrogens is 215 g/mol. The van der Waals surface area contributed by atoms with Gasteiger partial charge in [-0.3, -0.25) is 0 Å². The van der Waals surface area contributed by atoms with Crippen LogP contribution in [0.1, 0.15) is 11.1 Å². The molecule has 2 nitrogen and oxygen atoms in total. The fourth-order valence-corrected chi connectivity index (χ4v) is 1.53. The number of rotatable bonds is 2. The highest BCUT2D eigenvalue weighted by Crippen LogP contribution is 2.23. The number of aryl methyl sites for hydroxylation is 1. The Labute approximate surface area is 99.3 Å². The highest BCUT2D eigenvalue weighted by molar-refractivity contribution is 5.67. The molecule has 0 aliphatic carbocycles. The van der Waals surface area contributed by atoms with E-state index in [1.807, 2.05) is 37.3 Å². The lowest BCUT2D eigenvalue weighted by Gasteiger charge is -2.09. The van der Waals surface area contributed by atoms with Gasteiger partial charge in [0.2, 0.25) is 0 Å². The Hall–Kier alpha value is -2.34. The zero-order chi connectivity index (χ0) is 12.3. The van der Waals surface area contributed by atoms with E-state index in [9.17, 15) is 4.39 Å². The van der Waals surface area contributed by atoms with E-state index >= 15 is 0 Å². The van der Waals surface area contributed by atoms with Crippen molar-refractivity contribution in [3.63, 3.8) is 0 Å². The standard InChI is InChI=1S/C14H11FN2/c1-10-5-7-12(8-6-10)17-14-11(9-16)3-2-4-13(14)15/h2-8,17H,1H3. The first-order valence-electron chi connectivity index (χ1n) is 5.23. The van der Waals surface area contributed by atoms with Crippen molar-refractivity contribution in [2.45, 2.75) is 6.92 Å². The lowest BCUT2D eigenvalue weighted by molar-refractivity contribution is 0.631. The molecule has 0 saturated heterocycles. The first kappa shape index (κ1) is 11.2. The van der Waals surface area contributed by atoms with Crippen LogP contribution in [0.5, 0.6) is 0 Å². The third-order valence-corrected chi connectivity index (χ3v) is 2.45. The second-order valence-electron chi connectivity index (χ2n) is 3.77. The van der Waals surface area contributed by atoms with E-state index in [4.69, 9.17) is 5.26 Å². The largest absolute Gasteiger partial charge is 0.352 e. The van der Waals surface area contributed by atoms with E-state index in [0.29, 0.717) is 5.56 Å². The van der Waals surface area contributed by atoms with Crippen molar-refractivity contribution < 1.29 is 4.39 Å². The summed E-state index contributed by atoms with van der Waals surface area (Å²) >= 11 is 0. The molecule has 0 aliphatic rings. The minimum absolute atomic E-state index is 0.221. The summed E-state index contributed by atoms with van der Waals surface area (Å²) in [5.41, 5.74) is 2.41. The van der Waals surface area contributed by atoms with E-state index in [1.54, 1.807) is 6.07 Å². The number of nitriles is 1. The molecule has 0 unspecified atom stereocenters. The second kappa shape index (κ2) is 4.67. The molecule has 2 aromatic carbocycles. The quantitative estimate of drug-likeness (QED) is 0.846. The van der Waals surface area contributed by atoms with Crippen LogP contribution in [0, 0.1) is 24.1 Å². The maximum absolute atomic E-state index is 13.6. The predicted molar refractivity (Wildman–Crippen MR) is 65.6 cm³/mol. The van der Waals surface area contributed by atoms with Crippen molar-refractivity contribution >= 4 is 11.4 Å². The smallest absolute Gasteiger partial charge is 0.147 e. The molecule has 0 saturated carbocycles. The Morgan fingerprint density at radius 3 is 2.47 bits per heavy atom. The Bertz CT molecular complexity index is 568. The van der Waals surface area contributed by atoms with Crippen LogP contribution in [-0.4, -0.2) is 0 Å². The van der Waals surface area contributed by atoms with Crippen LogP contribution in [0.2, 0.25) is 0 Å². The van der Waals surface area contributed by atoms with Crippen LogP contribution in [0.4, 0.5) is 15.8 Å². The van der Waals surface area contributed by atoms with Gasteiger partial charge < -0.3 is 5.32 Å². The first-order valence-corrected chi connectivity index (χ1v) is 5.23. The van der Waals surface area contributed by atoms with Crippen LogP contribution in [0.25, 0.3) is 0 Å². The number of hydrogen-bond acceptors (Lipinski definition) is 2. The number of benzene rings is 2. The molecule has 2 aromatic rings. The molecule has 0 fully saturated rings. The van der Waals surface area contributed by atoms with Crippen LogP contribution in [0.3, 0.4) is 0 Å². The Morgan fingerprint density at radius 2 is 1.82 bits per heavy atom. The highest BCUT2D eigenvalue weighted by Gasteiger charge is 2.07. The van der Waals surface area contributed by atoms with E-state index in [1.165, 1.54) is 12.1 Å². The fourth-order valence-electron chi connectivity index (χ4n) is 1.53. The van der Waals surface area contributed by atoms with Crippen LogP contribution in [-0.2, 0) is 0 Å². The monoisotopic (exact) mass is 226 g/mol. The van der Waals surface area contributed by atoms with Gasteiger partial charge in [-0.05, 0) is 31.2 Å². The van der Waals surface area contributed by atoms with Gasteiger partial charge in [-0.15, -0.1) is 0 Å². The summed E-state index contributed by atoms with van der Waals surface area (Å²) in [7, 11) is 0. The predicted octanol–water partition coefficient (Wildman–Crippen LogP) is 3.75. The number of anilines is 2. The third-order valence-electron chi connectivity index (χ3n) is 2.45. The molecule has 0 amide bonds. The van der Waals surface area contributed by atoms with Gasteiger partial charge in [0.15, 0.2) is 0 Å².